The molecule has 0 saturated heterocycles. The first kappa shape index (κ1) is 15.5. The maximum atomic E-state index is 12.6. The van der Waals surface area contributed by atoms with Crippen LogP contribution in [-0.4, -0.2) is 5.78 Å². The van der Waals surface area contributed by atoms with Gasteiger partial charge < -0.3 is 0 Å². The molecule has 0 fully saturated rings. The fraction of sp³-hybridized carbons (Fsp3) is 0.400. The number of benzene rings is 1. The van der Waals surface area contributed by atoms with E-state index in [2.05, 4.69) is 0 Å². The van der Waals surface area contributed by atoms with Crippen molar-refractivity contribution in [1.29, 1.82) is 0 Å². The van der Waals surface area contributed by atoms with Crippen molar-refractivity contribution in [3.63, 3.8) is 0 Å². The standard InChI is InChI=1S/C15H17F3O/c1-3-4-5-9-14(11(2)19)12-7-6-8-13(10-12)15(16,17)18/h6-10H,3-5H2,1-2H3. The molecule has 19 heavy (non-hydrogen) atoms. The zero-order chi connectivity index (χ0) is 14.5. The monoisotopic (exact) mass is 270 g/mol. The highest BCUT2D eigenvalue weighted by atomic mass is 19.4. The van der Waals surface area contributed by atoms with E-state index in [1.807, 2.05) is 6.92 Å². The zero-order valence-electron chi connectivity index (χ0n) is 11.1. The summed E-state index contributed by atoms with van der Waals surface area (Å²) >= 11 is 0. The number of alkyl halides is 3. The van der Waals surface area contributed by atoms with Crippen molar-refractivity contribution in [2.24, 2.45) is 0 Å². The number of allylic oxidation sites excluding steroid dienone is 2. The third-order valence-corrected chi connectivity index (χ3v) is 2.79. The summed E-state index contributed by atoms with van der Waals surface area (Å²) in [5.41, 5.74) is -0.0365. The van der Waals surface area contributed by atoms with E-state index in [-0.39, 0.29) is 5.78 Å². The summed E-state index contributed by atoms with van der Waals surface area (Å²) in [6.45, 7) is 3.39. The predicted octanol–water partition coefficient (Wildman–Crippen LogP) is 4.87. The molecule has 0 amide bonds. The number of ketones is 1. The van der Waals surface area contributed by atoms with Crippen LogP contribution in [0.3, 0.4) is 0 Å². The third-order valence-electron chi connectivity index (χ3n) is 2.79. The van der Waals surface area contributed by atoms with E-state index in [0.29, 0.717) is 17.6 Å². The molecule has 0 radical (unpaired) electrons. The van der Waals surface area contributed by atoms with Gasteiger partial charge >= 0.3 is 6.18 Å². The minimum atomic E-state index is -4.39. The van der Waals surface area contributed by atoms with Crippen LogP contribution in [-0.2, 0) is 11.0 Å². The average molecular weight is 270 g/mol. The quantitative estimate of drug-likeness (QED) is 0.551. The molecule has 0 saturated carbocycles. The van der Waals surface area contributed by atoms with Gasteiger partial charge in [0.05, 0.1) is 5.56 Å². The Morgan fingerprint density at radius 1 is 1.32 bits per heavy atom. The minimum Gasteiger partial charge on any atom is -0.295 e. The summed E-state index contributed by atoms with van der Waals surface area (Å²) < 4.78 is 37.9. The van der Waals surface area contributed by atoms with Gasteiger partial charge in [0.15, 0.2) is 5.78 Å². The summed E-state index contributed by atoms with van der Waals surface area (Å²) in [5, 5.41) is 0. The van der Waals surface area contributed by atoms with E-state index < -0.39 is 11.7 Å². The smallest absolute Gasteiger partial charge is 0.295 e. The molecule has 0 spiro atoms. The van der Waals surface area contributed by atoms with Crippen LogP contribution in [0.4, 0.5) is 13.2 Å². The van der Waals surface area contributed by atoms with Crippen molar-refractivity contribution in [2.45, 2.75) is 39.3 Å². The number of carbonyl (C=O) groups is 1. The molecule has 1 nitrogen and oxygen atoms in total. The Balaban J connectivity index is 3.10. The van der Waals surface area contributed by atoms with E-state index in [1.165, 1.54) is 19.1 Å². The molecule has 1 aromatic rings. The van der Waals surface area contributed by atoms with Crippen LogP contribution in [0.25, 0.3) is 5.57 Å². The van der Waals surface area contributed by atoms with Crippen LogP contribution in [0.1, 0.15) is 44.2 Å². The van der Waals surface area contributed by atoms with Crippen molar-refractivity contribution in [3.05, 3.63) is 41.5 Å². The van der Waals surface area contributed by atoms with Gasteiger partial charge in [-0.1, -0.05) is 38.0 Å². The fourth-order valence-electron chi connectivity index (χ4n) is 1.78. The second-order valence-corrected chi connectivity index (χ2v) is 4.39. The number of hydrogen-bond acceptors (Lipinski definition) is 1. The zero-order valence-corrected chi connectivity index (χ0v) is 11.1. The van der Waals surface area contributed by atoms with Gasteiger partial charge in [0.25, 0.3) is 0 Å². The van der Waals surface area contributed by atoms with Crippen molar-refractivity contribution in [2.75, 3.05) is 0 Å². The average Bonchev–Trinajstić information content (AvgIpc) is 2.33. The van der Waals surface area contributed by atoms with Crippen LogP contribution in [0, 0.1) is 0 Å². The first-order valence-electron chi connectivity index (χ1n) is 6.25. The summed E-state index contributed by atoms with van der Waals surface area (Å²) in [5.74, 6) is -0.213. The Hall–Kier alpha value is -1.58. The normalized spacial score (nSPS) is 12.6. The topological polar surface area (TPSA) is 17.1 Å². The second kappa shape index (κ2) is 6.55. The highest BCUT2D eigenvalue weighted by Crippen LogP contribution is 2.31. The largest absolute Gasteiger partial charge is 0.416 e. The maximum absolute atomic E-state index is 12.6. The van der Waals surface area contributed by atoms with E-state index in [1.54, 1.807) is 6.08 Å². The van der Waals surface area contributed by atoms with Gasteiger partial charge in [0.1, 0.15) is 0 Å². The first-order chi connectivity index (χ1) is 8.86. The number of rotatable bonds is 5. The van der Waals surface area contributed by atoms with Crippen LogP contribution in [0.2, 0.25) is 0 Å². The minimum absolute atomic E-state index is 0.213. The molecular weight excluding hydrogens is 253 g/mol. The molecule has 0 aliphatic heterocycles. The summed E-state index contributed by atoms with van der Waals surface area (Å²) in [7, 11) is 0. The van der Waals surface area contributed by atoms with E-state index in [4.69, 9.17) is 0 Å². The molecule has 0 aliphatic carbocycles. The maximum Gasteiger partial charge on any atom is 0.416 e. The summed E-state index contributed by atoms with van der Waals surface area (Å²) in [6.07, 6.45) is -0.0790. The Morgan fingerprint density at radius 3 is 2.53 bits per heavy atom. The van der Waals surface area contributed by atoms with Gasteiger partial charge in [-0.25, -0.2) is 0 Å². The molecule has 0 atom stereocenters. The molecule has 0 heterocycles. The van der Waals surface area contributed by atoms with Crippen molar-refractivity contribution < 1.29 is 18.0 Å². The van der Waals surface area contributed by atoms with Crippen LogP contribution >= 0.6 is 0 Å². The summed E-state index contributed by atoms with van der Waals surface area (Å²) in [4.78, 5) is 11.6. The lowest BCUT2D eigenvalue weighted by atomic mass is 9.98. The highest BCUT2D eigenvalue weighted by molar-refractivity contribution is 6.19. The highest BCUT2D eigenvalue weighted by Gasteiger charge is 2.30. The Kier molecular flexibility index (Phi) is 5.33. The number of carbonyl (C=O) groups excluding carboxylic acids is 1. The van der Waals surface area contributed by atoms with Crippen molar-refractivity contribution >= 4 is 11.4 Å². The first-order valence-corrected chi connectivity index (χ1v) is 6.25. The second-order valence-electron chi connectivity index (χ2n) is 4.39. The molecule has 0 aliphatic rings. The molecular formula is C15H17F3O. The fourth-order valence-corrected chi connectivity index (χ4v) is 1.78. The van der Waals surface area contributed by atoms with Gasteiger partial charge in [-0.05, 0) is 31.0 Å². The van der Waals surface area contributed by atoms with Gasteiger partial charge in [-0.3, -0.25) is 4.79 Å². The van der Waals surface area contributed by atoms with Gasteiger partial charge in [-0.2, -0.15) is 13.2 Å². The van der Waals surface area contributed by atoms with E-state index in [9.17, 15) is 18.0 Å². The Bertz CT molecular complexity index is 473. The molecule has 0 bridgehead atoms. The number of hydrogen-bond donors (Lipinski definition) is 0. The van der Waals surface area contributed by atoms with E-state index >= 15 is 0 Å². The lowest BCUT2D eigenvalue weighted by molar-refractivity contribution is -0.137. The number of halogens is 3. The predicted molar refractivity (Wildman–Crippen MR) is 69.6 cm³/mol. The third kappa shape index (κ3) is 4.54. The Labute approximate surface area is 111 Å². The molecule has 0 N–H and O–H groups in total. The molecule has 0 aromatic heterocycles. The lowest BCUT2D eigenvalue weighted by Crippen LogP contribution is -2.06. The number of unbranched alkanes of at least 4 members (excludes halogenated alkanes) is 2. The van der Waals surface area contributed by atoms with E-state index in [0.717, 1.165) is 25.0 Å². The van der Waals surface area contributed by atoms with Gasteiger partial charge in [0.2, 0.25) is 0 Å². The summed E-state index contributed by atoms with van der Waals surface area (Å²) in [6, 6.07) is 4.90. The number of Topliss-reactive ketones (excluding diaryl/α,β-unsaturated/α-hetero) is 1. The molecule has 104 valence electrons. The van der Waals surface area contributed by atoms with Crippen molar-refractivity contribution in [3.8, 4) is 0 Å². The van der Waals surface area contributed by atoms with Crippen LogP contribution in [0.15, 0.2) is 30.3 Å². The molecule has 1 rings (SSSR count). The molecule has 4 heteroatoms. The Morgan fingerprint density at radius 2 is 2.00 bits per heavy atom. The van der Waals surface area contributed by atoms with Crippen molar-refractivity contribution in [1.82, 2.24) is 0 Å². The SMILES string of the molecule is CCCCC=C(C(C)=O)c1cccc(C(F)(F)F)c1. The van der Waals surface area contributed by atoms with Gasteiger partial charge in [-0.15, -0.1) is 0 Å². The van der Waals surface area contributed by atoms with Gasteiger partial charge in [0, 0.05) is 5.57 Å². The molecule has 0 unspecified atom stereocenters. The molecule has 1 aromatic carbocycles. The van der Waals surface area contributed by atoms with Crippen LogP contribution in [0.5, 0.6) is 0 Å². The van der Waals surface area contributed by atoms with Crippen LogP contribution < -0.4 is 0 Å². The lowest BCUT2D eigenvalue weighted by Gasteiger charge is -2.10.